The first kappa shape index (κ1) is 25.0. The van der Waals surface area contributed by atoms with Crippen LogP contribution in [0.3, 0.4) is 0 Å². The van der Waals surface area contributed by atoms with Crippen LogP contribution in [0.5, 0.6) is 0 Å². The minimum Gasteiger partial charge on any atom is -0.366 e. The number of thiazole rings is 1. The molecule has 1 amide bonds. The molecule has 1 saturated heterocycles. The molecule has 1 unspecified atom stereocenters. The van der Waals surface area contributed by atoms with Crippen LogP contribution in [0, 0.1) is 5.82 Å². The lowest BCUT2D eigenvalue weighted by molar-refractivity contribution is 0.102. The summed E-state index contributed by atoms with van der Waals surface area (Å²) in [5, 5.41) is 16.7. The van der Waals surface area contributed by atoms with Crippen molar-refractivity contribution in [2.24, 2.45) is 5.73 Å². The monoisotopic (exact) mass is 542 g/mol. The fraction of sp³-hybridized carbons (Fsp3) is 0.214. The highest BCUT2D eigenvalue weighted by Crippen LogP contribution is 2.32. The van der Waals surface area contributed by atoms with E-state index in [4.69, 9.17) is 5.73 Å². The second-order valence-electron chi connectivity index (χ2n) is 9.55. The molecule has 0 bridgehead atoms. The van der Waals surface area contributed by atoms with Gasteiger partial charge in [-0.1, -0.05) is 30.3 Å². The number of carbonyl (C=O) groups excluding carboxylic acids is 1. The number of para-hydroxylation sites is 1. The van der Waals surface area contributed by atoms with Gasteiger partial charge in [-0.2, -0.15) is 10.2 Å². The molecule has 1 aliphatic heterocycles. The summed E-state index contributed by atoms with van der Waals surface area (Å²) in [5.74, 6) is -0.783. The third-order valence-electron chi connectivity index (χ3n) is 6.79. The van der Waals surface area contributed by atoms with Crippen LogP contribution in [0.4, 0.5) is 15.8 Å². The standard InChI is InChI=1S/C28H27FN8OS/c29-23-8-3-9-24(26(23)36-10-4-6-21(30)16-36)34-27(38)25-17-39-28(35-25)20-13-33-37(15-20)14-18-5-1-2-7-22(18)19-11-31-32-12-19/h1-3,5,7-9,11-13,15,17,21H,4,6,10,14,16,30H2,(H,31,32)(H,34,38). The number of nitrogens with one attached hydrogen (secondary N) is 2. The van der Waals surface area contributed by atoms with Crippen molar-refractivity contribution in [1.29, 1.82) is 0 Å². The Labute approximate surface area is 228 Å². The maximum atomic E-state index is 14.8. The molecule has 2 aromatic carbocycles. The number of nitrogens with zero attached hydrogens (tertiary/aromatic N) is 5. The van der Waals surface area contributed by atoms with Gasteiger partial charge in [0.1, 0.15) is 16.5 Å². The molecule has 1 aliphatic rings. The van der Waals surface area contributed by atoms with E-state index in [9.17, 15) is 9.18 Å². The Kier molecular flexibility index (Phi) is 6.91. The van der Waals surface area contributed by atoms with E-state index >= 15 is 0 Å². The number of benzene rings is 2. The number of aromatic amines is 1. The van der Waals surface area contributed by atoms with Crippen LogP contribution in [-0.2, 0) is 6.54 Å². The Bertz CT molecular complexity index is 1590. The highest BCUT2D eigenvalue weighted by Gasteiger charge is 2.24. The van der Waals surface area contributed by atoms with Crippen LogP contribution in [0.25, 0.3) is 21.7 Å². The van der Waals surface area contributed by atoms with Crippen molar-refractivity contribution < 1.29 is 9.18 Å². The summed E-state index contributed by atoms with van der Waals surface area (Å²) in [7, 11) is 0. The number of amides is 1. The van der Waals surface area contributed by atoms with Crippen LogP contribution in [0.1, 0.15) is 28.9 Å². The Morgan fingerprint density at radius 3 is 2.92 bits per heavy atom. The quantitative estimate of drug-likeness (QED) is 0.273. The summed E-state index contributed by atoms with van der Waals surface area (Å²) in [6.07, 6.45) is 9.10. The number of H-pyrrole nitrogens is 1. The maximum absolute atomic E-state index is 14.8. The van der Waals surface area contributed by atoms with Crippen LogP contribution >= 0.6 is 11.3 Å². The zero-order chi connectivity index (χ0) is 26.8. The molecule has 6 rings (SSSR count). The van der Waals surface area contributed by atoms with E-state index in [0.29, 0.717) is 36.0 Å². The van der Waals surface area contributed by atoms with E-state index < -0.39 is 5.91 Å². The molecule has 0 spiro atoms. The van der Waals surface area contributed by atoms with Crippen LogP contribution in [0.2, 0.25) is 0 Å². The van der Waals surface area contributed by atoms with Gasteiger partial charge in [0.2, 0.25) is 0 Å². The number of piperidine rings is 1. The number of halogens is 1. The number of carbonyl (C=O) groups is 1. The van der Waals surface area contributed by atoms with Crippen molar-refractivity contribution in [3.05, 3.63) is 89.7 Å². The van der Waals surface area contributed by atoms with Crippen LogP contribution < -0.4 is 16.0 Å². The molecule has 0 radical (unpaired) electrons. The van der Waals surface area contributed by atoms with Crippen molar-refractivity contribution >= 4 is 28.6 Å². The molecule has 11 heteroatoms. The number of hydrogen-bond acceptors (Lipinski definition) is 7. The molecule has 39 heavy (non-hydrogen) atoms. The van der Waals surface area contributed by atoms with Gasteiger partial charge in [0, 0.05) is 48.0 Å². The lowest BCUT2D eigenvalue weighted by Crippen LogP contribution is -2.43. The average Bonchev–Trinajstić information content (AvgIpc) is 3.71. The molecule has 0 aliphatic carbocycles. The first-order chi connectivity index (χ1) is 19.0. The zero-order valence-corrected chi connectivity index (χ0v) is 21.9. The van der Waals surface area contributed by atoms with E-state index in [2.05, 4.69) is 37.7 Å². The van der Waals surface area contributed by atoms with Crippen molar-refractivity contribution in [2.45, 2.75) is 25.4 Å². The maximum Gasteiger partial charge on any atom is 0.275 e. The van der Waals surface area contributed by atoms with Crippen molar-refractivity contribution in [3.63, 3.8) is 0 Å². The average molecular weight is 543 g/mol. The molecule has 1 atom stereocenters. The largest absolute Gasteiger partial charge is 0.366 e. The topological polar surface area (TPSA) is 118 Å². The number of hydrogen-bond donors (Lipinski definition) is 3. The van der Waals surface area contributed by atoms with Crippen molar-refractivity contribution in [1.82, 2.24) is 25.0 Å². The molecule has 1 fully saturated rings. The summed E-state index contributed by atoms with van der Waals surface area (Å²) < 4.78 is 16.7. The second-order valence-corrected chi connectivity index (χ2v) is 10.4. The van der Waals surface area contributed by atoms with Gasteiger partial charge < -0.3 is 16.0 Å². The summed E-state index contributed by atoms with van der Waals surface area (Å²) >= 11 is 1.36. The third-order valence-corrected chi connectivity index (χ3v) is 7.68. The van der Waals surface area contributed by atoms with Crippen LogP contribution in [-0.4, -0.2) is 50.0 Å². The van der Waals surface area contributed by atoms with Gasteiger partial charge in [-0.3, -0.25) is 14.6 Å². The molecule has 5 aromatic rings. The number of nitrogens with two attached hydrogens (primary N) is 1. The summed E-state index contributed by atoms with van der Waals surface area (Å²) in [6.45, 7) is 1.80. The Balaban J connectivity index is 1.18. The lowest BCUT2D eigenvalue weighted by Gasteiger charge is -2.34. The second kappa shape index (κ2) is 10.8. The SMILES string of the molecule is NC1CCCN(c2c(F)cccc2NC(=O)c2csc(-c3cnn(Cc4ccccc4-c4cn[nH]c4)c3)n2)C1. The number of rotatable bonds is 7. The van der Waals surface area contributed by atoms with E-state index in [0.717, 1.165) is 35.1 Å². The number of aromatic nitrogens is 5. The summed E-state index contributed by atoms with van der Waals surface area (Å²) in [5.41, 5.74) is 11.2. The van der Waals surface area contributed by atoms with E-state index in [1.54, 1.807) is 29.9 Å². The Morgan fingerprint density at radius 1 is 1.18 bits per heavy atom. The first-order valence-corrected chi connectivity index (χ1v) is 13.6. The molecule has 4 N–H and O–H groups in total. The van der Waals surface area contributed by atoms with Gasteiger partial charge in [0.15, 0.2) is 0 Å². The van der Waals surface area contributed by atoms with E-state index in [1.807, 2.05) is 34.1 Å². The van der Waals surface area contributed by atoms with Gasteiger partial charge >= 0.3 is 0 Å². The molecular formula is C28H27FN8OS. The Hall–Kier alpha value is -4.35. The first-order valence-electron chi connectivity index (χ1n) is 12.7. The predicted molar refractivity (Wildman–Crippen MR) is 150 cm³/mol. The zero-order valence-electron chi connectivity index (χ0n) is 21.0. The van der Waals surface area contributed by atoms with Crippen LogP contribution in [0.15, 0.2) is 72.6 Å². The fourth-order valence-electron chi connectivity index (χ4n) is 4.92. The Morgan fingerprint density at radius 2 is 2.08 bits per heavy atom. The molecular weight excluding hydrogens is 515 g/mol. The predicted octanol–water partition coefficient (Wildman–Crippen LogP) is 4.76. The highest BCUT2D eigenvalue weighted by molar-refractivity contribution is 7.13. The smallest absolute Gasteiger partial charge is 0.275 e. The fourth-order valence-corrected chi connectivity index (χ4v) is 5.70. The molecule has 9 nitrogen and oxygen atoms in total. The van der Waals surface area contributed by atoms with E-state index in [-0.39, 0.29) is 17.6 Å². The molecule has 3 aromatic heterocycles. The lowest BCUT2D eigenvalue weighted by atomic mass is 10.0. The summed E-state index contributed by atoms with van der Waals surface area (Å²) in [6, 6.07) is 12.8. The molecule has 0 saturated carbocycles. The van der Waals surface area contributed by atoms with Crippen molar-refractivity contribution in [3.8, 4) is 21.7 Å². The highest BCUT2D eigenvalue weighted by atomic mass is 32.1. The summed E-state index contributed by atoms with van der Waals surface area (Å²) in [4.78, 5) is 19.6. The van der Waals surface area contributed by atoms with Gasteiger partial charge in [-0.15, -0.1) is 11.3 Å². The van der Waals surface area contributed by atoms with Gasteiger partial charge in [-0.25, -0.2) is 9.37 Å². The van der Waals surface area contributed by atoms with Gasteiger partial charge in [0.05, 0.1) is 30.3 Å². The molecule has 4 heterocycles. The minimum absolute atomic E-state index is 0.0250. The molecule has 198 valence electrons. The normalized spacial score (nSPS) is 15.4. The van der Waals surface area contributed by atoms with Crippen molar-refractivity contribution in [2.75, 3.05) is 23.3 Å². The minimum atomic E-state index is -0.396. The van der Waals surface area contributed by atoms with Gasteiger partial charge in [-0.05, 0) is 36.1 Å². The third kappa shape index (κ3) is 5.31. The van der Waals surface area contributed by atoms with E-state index in [1.165, 1.54) is 17.4 Å². The number of anilines is 2. The van der Waals surface area contributed by atoms with Gasteiger partial charge in [0.25, 0.3) is 5.91 Å².